The van der Waals surface area contributed by atoms with E-state index in [-0.39, 0.29) is 11.1 Å². The molecule has 4 aromatic rings. The Bertz CT molecular complexity index is 1270. The number of hydrogen-bond donors (Lipinski definition) is 0. The molecule has 3 heterocycles. The second kappa shape index (κ2) is 6.44. The maximum atomic E-state index is 7.58. The Morgan fingerprint density at radius 2 is 1.89 bits per heavy atom. The van der Waals surface area contributed by atoms with E-state index in [1.54, 1.807) is 12.1 Å². The van der Waals surface area contributed by atoms with Gasteiger partial charge in [-0.05, 0) is 79.1 Å². The predicted octanol–water partition coefficient (Wildman–Crippen LogP) is 6.82. The van der Waals surface area contributed by atoms with Crippen LogP contribution in [-0.4, -0.2) is 9.97 Å². The van der Waals surface area contributed by atoms with Gasteiger partial charge in [0, 0.05) is 32.3 Å². The molecule has 142 valence electrons. The number of benzene rings is 1. The molecule has 0 amide bonds. The Balaban J connectivity index is 1.57. The molecule has 3 aromatic heterocycles. The van der Waals surface area contributed by atoms with E-state index >= 15 is 0 Å². The fraction of sp³-hybridized carbons (Fsp3) is 0.360. The van der Waals surface area contributed by atoms with Crippen molar-refractivity contribution in [2.24, 2.45) is 5.92 Å². The van der Waals surface area contributed by atoms with Crippen molar-refractivity contribution in [3.63, 3.8) is 0 Å². The highest BCUT2D eigenvalue weighted by atomic mass is 16.3. The Morgan fingerprint density at radius 3 is 2.71 bits per heavy atom. The zero-order chi connectivity index (χ0) is 21.8. The molecule has 0 aliphatic heterocycles. The summed E-state index contributed by atoms with van der Waals surface area (Å²) >= 11 is 0. The van der Waals surface area contributed by atoms with Crippen LogP contribution in [-0.2, 0) is 5.41 Å². The summed E-state index contributed by atoms with van der Waals surface area (Å²) in [7, 11) is 0. The van der Waals surface area contributed by atoms with Gasteiger partial charge in [-0.15, -0.1) is 0 Å². The first-order valence-corrected chi connectivity index (χ1v) is 10.0. The Kier molecular flexibility index (Phi) is 3.30. The lowest BCUT2D eigenvalue weighted by molar-refractivity contribution is 0.325. The lowest BCUT2D eigenvalue weighted by Gasteiger charge is -2.32. The molecule has 5 rings (SSSR count). The van der Waals surface area contributed by atoms with Crippen molar-refractivity contribution in [3.05, 3.63) is 59.9 Å². The molecule has 0 N–H and O–H groups in total. The van der Waals surface area contributed by atoms with E-state index in [2.05, 4.69) is 42.0 Å². The van der Waals surface area contributed by atoms with Crippen LogP contribution in [0.4, 0.5) is 0 Å². The van der Waals surface area contributed by atoms with Crippen LogP contribution in [0.3, 0.4) is 0 Å². The lowest BCUT2D eigenvalue weighted by Crippen LogP contribution is -2.26. The van der Waals surface area contributed by atoms with Crippen molar-refractivity contribution in [3.8, 4) is 11.3 Å². The normalized spacial score (nSPS) is 17.7. The molecule has 0 atom stereocenters. The topological polar surface area (TPSA) is 38.9 Å². The van der Waals surface area contributed by atoms with E-state index in [0.29, 0.717) is 17.2 Å². The van der Waals surface area contributed by atoms with Crippen LogP contribution >= 0.6 is 0 Å². The van der Waals surface area contributed by atoms with E-state index in [1.807, 2.05) is 18.3 Å². The lowest BCUT2D eigenvalue weighted by atomic mass is 9.72. The summed E-state index contributed by atoms with van der Waals surface area (Å²) < 4.78 is 28.6. The third-order valence-corrected chi connectivity index (χ3v) is 6.51. The van der Waals surface area contributed by atoms with E-state index in [9.17, 15) is 0 Å². The summed E-state index contributed by atoms with van der Waals surface area (Å²) in [5, 5.41) is 1.73. The molecule has 3 nitrogen and oxygen atoms in total. The minimum atomic E-state index is -2.26. The average Bonchev–Trinajstić information content (AvgIpc) is 3.41. The summed E-state index contributed by atoms with van der Waals surface area (Å²) in [6, 6.07) is 13.7. The number of pyridine rings is 2. The molecule has 1 aliphatic rings. The van der Waals surface area contributed by atoms with Gasteiger partial charge >= 0.3 is 0 Å². The molecule has 1 aromatic carbocycles. The monoisotopic (exact) mass is 373 g/mol. The van der Waals surface area contributed by atoms with Gasteiger partial charge in [0.25, 0.3) is 0 Å². The first kappa shape index (κ1) is 14.3. The van der Waals surface area contributed by atoms with Crippen molar-refractivity contribution in [2.45, 2.75) is 51.8 Å². The first-order chi connectivity index (χ1) is 14.7. The number of fused-ring (bicyclic) bond motifs is 3. The molecule has 3 heteroatoms. The van der Waals surface area contributed by atoms with Gasteiger partial charge in [0.2, 0.25) is 5.71 Å². The minimum absolute atomic E-state index is 0.0443. The highest BCUT2D eigenvalue weighted by molar-refractivity contribution is 6.04. The molecule has 1 saturated carbocycles. The van der Waals surface area contributed by atoms with Crippen LogP contribution in [0.5, 0.6) is 0 Å². The van der Waals surface area contributed by atoms with Crippen LogP contribution in [0.15, 0.2) is 53.1 Å². The molecule has 0 saturated heterocycles. The Labute approximate surface area is 170 Å². The van der Waals surface area contributed by atoms with Crippen molar-refractivity contribution in [2.75, 3.05) is 0 Å². The molecular formula is C25H26N2O. The van der Waals surface area contributed by atoms with Crippen molar-refractivity contribution in [1.82, 2.24) is 9.97 Å². The van der Waals surface area contributed by atoms with Crippen LogP contribution < -0.4 is 0 Å². The van der Waals surface area contributed by atoms with Gasteiger partial charge in [0.15, 0.2) is 0 Å². The van der Waals surface area contributed by atoms with Crippen molar-refractivity contribution >= 4 is 22.1 Å². The van der Waals surface area contributed by atoms with E-state index in [4.69, 9.17) is 8.53 Å². The van der Waals surface area contributed by atoms with Crippen LogP contribution in [0.2, 0.25) is 0 Å². The standard InChI is InChI=1S/C25H26N2O/c1-16-8-10-20-21-14-17(9-11-23(21)28-24(20)27-16)22-15-19(12-13-26-22)25(2,3)18-6-4-5-7-18/h8-15,18H,4-7H2,1-3H3/i1D3. The molecule has 1 fully saturated rings. The number of aryl methyl sites for hydroxylation is 1. The van der Waals surface area contributed by atoms with Gasteiger partial charge in [-0.3, -0.25) is 4.98 Å². The van der Waals surface area contributed by atoms with Crippen LogP contribution in [0, 0.1) is 12.8 Å². The van der Waals surface area contributed by atoms with Gasteiger partial charge in [-0.1, -0.05) is 26.7 Å². The van der Waals surface area contributed by atoms with Crippen LogP contribution in [0.25, 0.3) is 33.3 Å². The largest absolute Gasteiger partial charge is 0.438 e. The first-order valence-electron chi connectivity index (χ1n) is 11.5. The Hall–Kier alpha value is -2.68. The Morgan fingerprint density at radius 1 is 1.04 bits per heavy atom. The van der Waals surface area contributed by atoms with Crippen molar-refractivity contribution in [1.29, 1.82) is 0 Å². The molecule has 0 unspecified atom stereocenters. The molecule has 0 radical (unpaired) electrons. The molecule has 1 aliphatic carbocycles. The fourth-order valence-corrected chi connectivity index (χ4v) is 4.69. The number of hydrogen-bond acceptors (Lipinski definition) is 3. The number of aromatic nitrogens is 2. The molecular weight excluding hydrogens is 344 g/mol. The molecule has 0 bridgehead atoms. The van der Waals surface area contributed by atoms with Gasteiger partial charge in [0.1, 0.15) is 5.58 Å². The van der Waals surface area contributed by atoms with E-state index in [0.717, 1.165) is 22.0 Å². The zero-order valence-corrected chi connectivity index (χ0v) is 16.3. The second-order valence-electron chi connectivity index (χ2n) is 8.50. The smallest absolute Gasteiger partial charge is 0.227 e. The number of furan rings is 1. The van der Waals surface area contributed by atoms with Crippen molar-refractivity contribution < 1.29 is 8.53 Å². The van der Waals surface area contributed by atoms with E-state index < -0.39 is 6.85 Å². The van der Waals surface area contributed by atoms with E-state index in [1.165, 1.54) is 31.2 Å². The highest BCUT2D eigenvalue weighted by Gasteiger charge is 2.33. The fourth-order valence-electron chi connectivity index (χ4n) is 4.69. The van der Waals surface area contributed by atoms with Gasteiger partial charge in [-0.2, -0.15) is 0 Å². The summed E-state index contributed by atoms with van der Waals surface area (Å²) in [5.74, 6) is 0.710. The summed E-state index contributed by atoms with van der Waals surface area (Å²) in [4.78, 5) is 8.88. The third-order valence-electron chi connectivity index (χ3n) is 6.51. The van der Waals surface area contributed by atoms with Gasteiger partial charge in [0.05, 0.1) is 5.69 Å². The average molecular weight is 374 g/mol. The summed E-state index contributed by atoms with van der Waals surface area (Å²) in [6.45, 7) is 2.45. The molecule has 28 heavy (non-hydrogen) atoms. The highest BCUT2D eigenvalue weighted by Crippen LogP contribution is 2.42. The summed E-state index contributed by atoms with van der Waals surface area (Å²) in [5.41, 5.74) is 4.48. The maximum absolute atomic E-state index is 7.58. The van der Waals surface area contributed by atoms with Gasteiger partial charge in [-0.25, -0.2) is 4.98 Å². The number of rotatable bonds is 3. The predicted molar refractivity (Wildman–Crippen MR) is 114 cm³/mol. The SMILES string of the molecule is [2H]C([2H])([2H])c1ccc2c(n1)oc1ccc(-c3cc(C(C)(C)C4CCCC4)ccn3)cc12. The molecule has 0 spiro atoms. The summed E-state index contributed by atoms with van der Waals surface area (Å²) in [6.07, 6.45) is 7.15. The zero-order valence-electron chi connectivity index (χ0n) is 19.3. The van der Waals surface area contributed by atoms with Gasteiger partial charge < -0.3 is 4.42 Å². The number of nitrogens with zero attached hydrogens (tertiary/aromatic N) is 2. The minimum Gasteiger partial charge on any atom is -0.438 e. The third kappa shape index (κ3) is 2.81. The second-order valence-corrected chi connectivity index (χ2v) is 8.50. The maximum Gasteiger partial charge on any atom is 0.227 e. The quantitative estimate of drug-likeness (QED) is 0.395. The van der Waals surface area contributed by atoms with Crippen LogP contribution in [0.1, 0.15) is 54.9 Å².